The fraction of sp³-hybridized carbons (Fsp3) is 0.391. The molecule has 2 aromatic carbocycles. The van der Waals surface area contributed by atoms with Crippen LogP contribution in [0.4, 0.5) is 10.1 Å². The molecule has 3 rings (SSSR count). The van der Waals surface area contributed by atoms with Gasteiger partial charge in [-0.05, 0) is 44.7 Å². The summed E-state index contributed by atoms with van der Waals surface area (Å²) in [6, 6.07) is 11.0. The fourth-order valence-corrected chi connectivity index (χ4v) is 3.61. The van der Waals surface area contributed by atoms with Crippen LogP contribution < -0.4 is 10.6 Å². The van der Waals surface area contributed by atoms with Gasteiger partial charge in [0.1, 0.15) is 5.82 Å². The van der Waals surface area contributed by atoms with Crippen molar-refractivity contribution in [1.29, 1.82) is 0 Å². The van der Waals surface area contributed by atoms with Crippen LogP contribution in [0.3, 0.4) is 0 Å². The number of anilines is 1. The average Bonchev–Trinajstić information content (AvgIpc) is 2.71. The topological polar surface area (TPSA) is 64.7 Å². The van der Waals surface area contributed by atoms with Crippen molar-refractivity contribution in [3.05, 3.63) is 65.0 Å². The highest BCUT2D eigenvalue weighted by Crippen LogP contribution is 2.22. The molecule has 1 aliphatic heterocycles. The first-order chi connectivity index (χ1) is 14.3. The second-order valence-electron chi connectivity index (χ2n) is 7.91. The van der Waals surface area contributed by atoms with Crippen LogP contribution in [-0.4, -0.2) is 67.4 Å². The zero-order valence-electron chi connectivity index (χ0n) is 17.7. The summed E-state index contributed by atoms with van der Waals surface area (Å²) in [6.07, 6.45) is 0. The summed E-state index contributed by atoms with van der Waals surface area (Å²) in [4.78, 5) is 30.1. The van der Waals surface area contributed by atoms with Gasteiger partial charge in [-0.1, -0.05) is 24.3 Å². The molecule has 0 radical (unpaired) electrons. The average molecular weight is 413 g/mol. The number of hydrogen-bond donors (Lipinski definition) is 2. The molecule has 0 spiro atoms. The number of aryl methyl sites for hydroxylation is 1. The van der Waals surface area contributed by atoms with Crippen LogP contribution in [0.1, 0.15) is 33.2 Å². The van der Waals surface area contributed by atoms with Gasteiger partial charge < -0.3 is 15.5 Å². The Balaban J connectivity index is 1.70. The number of nitrogens with one attached hydrogen (secondary N) is 2. The second kappa shape index (κ2) is 9.82. The summed E-state index contributed by atoms with van der Waals surface area (Å²) < 4.78 is 14.0. The molecule has 2 aromatic rings. The van der Waals surface area contributed by atoms with E-state index in [1.807, 2.05) is 6.92 Å². The molecule has 2 amide bonds. The number of piperazine rings is 1. The number of carbonyl (C=O) groups is 2. The van der Waals surface area contributed by atoms with Crippen molar-refractivity contribution in [3.8, 4) is 0 Å². The molecule has 7 heteroatoms. The number of halogens is 1. The minimum absolute atomic E-state index is 0.0449. The molecule has 30 heavy (non-hydrogen) atoms. The Hall–Kier alpha value is -2.77. The van der Waals surface area contributed by atoms with Crippen molar-refractivity contribution in [2.45, 2.75) is 19.9 Å². The highest BCUT2D eigenvalue weighted by molar-refractivity contribution is 6.09. The Morgan fingerprint density at radius 2 is 1.67 bits per heavy atom. The number of rotatable bonds is 6. The van der Waals surface area contributed by atoms with Gasteiger partial charge in [-0.2, -0.15) is 0 Å². The summed E-state index contributed by atoms with van der Waals surface area (Å²) in [6.45, 7) is 8.54. The largest absolute Gasteiger partial charge is 0.348 e. The SMILES string of the molecule is Cc1cccc(C(=O)NC(C)CN2CCN(C)CC2)c1NC(=O)c1ccccc1F. The molecule has 0 saturated carbocycles. The van der Waals surface area contributed by atoms with Gasteiger partial charge >= 0.3 is 0 Å². The van der Waals surface area contributed by atoms with Crippen molar-refractivity contribution in [2.75, 3.05) is 45.1 Å². The maximum Gasteiger partial charge on any atom is 0.258 e. The van der Waals surface area contributed by atoms with E-state index in [1.165, 1.54) is 18.2 Å². The van der Waals surface area contributed by atoms with E-state index in [4.69, 9.17) is 0 Å². The summed E-state index contributed by atoms with van der Waals surface area (Å²) in [5, 5.41) is 5.75. The number of amides is 2. The molecule has 160 valence electrons. The molecular weight excluding hydrogens is 383 g/mol. The number of nitrogens with zero attached hydrogens (tertiary/aromatic N) is 2. The zero-order valence-corrected chi connectivity index (χ0v) is 17.7. The van der Waals surface area contributed by atoms with E-state index >= 15 is 0 Å². The van der Waals surface area contributed by atoms with Gasteiger partial charge in [0, 0.05) is 38.8 Å². The van der Waals surface area contributed by atoms with Crippen LogP contribution in [0.2, 0.25) is 0 Å². The third-order valence-corrected chi connectivity index (χ3v) is 5.38. The van der Waals surface area contributed by atoms with Crippen molar-refractivity contribution in [1.82, 2.24) is 15.1 Å². The van der Waals surface area contributed by atoms with Gasteiger partial charge in [0.25, 0.3) is 11.8 Å². The normalized spacial score (nSPS) is 16.1. The Labute approximate surface area is 177 Å². The molecule has 1 aliphatic rings. The van der Waals surface area contributed by atoms with E-state index in [1.54, 1.807) is 31.2 Å². The Kier molecular flexibility index (Phi) is 7.18. The molecule has 1 atom stereocenters. The predicted molar refractivity (Wildman–Crippen MR) is 116 cm³/mol. The van der Waals surface area contributed by atoms with Crippen LogP contribution in [0.5, 0.6) is 0 Å². The highest BCUT2D eigenvalue weighted by atomic mass is 19.1. The van der Waals surface area contributed by atoms with Crippen LogP contribution >= 0.6 is 0 Å². The number of para-hydroxylation sites is 1. The van der Waals surface area contributed by atoms with Gasteiger partial charge in [-0.25, -0.2) is 4.39 Å². The van der Waals surface area contributed by atoms with Crippen LogP contribution in [0.15, 0.2) is 42.5 Å². The maximum absolute atomic E-state index is 14.0. The summed E-state index contributed by atoms with van der Waals surface area (Å²) in [5.74, 6) is -1.44. The molecule has 1 saturated heterocycles. The van der Waals surface area contributed by atoms with Crippen molar-refractivity contribution < 1.29 is 14.0 Å². The predicted octanol–water partition coefficient (Wildman–Crippen LogP) is 2.75. The summed E-state index contributed by atoms with van der Waals surface area (Å²) in [7, 11) is 2.11. The molecule has 1 heterocycles. The number of benzene rings is 2. The molecule has 1 fully saturated rings. The molecule has 0 bridgehead atoms. The summed E-state index contributed by atoms with van der Waals surface area (Å²) in [5.41, 5.74) is 1.44. The molecule has 0 aliphatic carbocycles. The summed E-state index contributed by atoms with van der Waals surface area (Å²) >= 11 is 0. The quantitative estimate of drug-likeness (QED) is 0.766. The van der Waals surface area contributed by atoms with Crippen LogP contribution in [0.25, 0.3) is 0 Å². The molecule has 2 N–H and O–H groups in total. The van der Waals surface area contributed by atoms with Gasteiger partial charge in [0.05, 0.1) is 16.8 Å². The lowest BCUT2D eigenvalue weighted by molar-refractivity contribution is 0.0915. The molecule has 0 aromatic heterocycles. The lowest BCUT2D eigenvalue weighted by Gasteiger charge is -2.34. The van der Waals surface area contributed by atoms with Crippen LogP contribution in [0, 0.1) is 12.7 Å². The second-order valence-corrected chi connectivity index (χ2v) is 7.91. The molecular formula is C23H29FN4O2. The van der Waals surface area contributed by atoms with Crippen molar-refractivity contribution in [3.63, 3.8) is 0 Å². The first-order valence-electron chi connectivity index (χ1n) is 10.2. The van der Waals surface area contributed by atoms with E-state index in [9.17, 15) is 14.0 Å². The van der Waals surface area contributed by atoms with E-state index in [2.05, 4.69) is 27.5 Å². The van der Waals surface area contributed by atoms with E-state index < -0.39 is 11.7 Å². The highest BCUT2D eigenvalue weighted by Gasteiger charge is 2.21. The zero-order chi connectivity index (χ0) is 21.7. The Morgan fingerprint density at radius 3 is 2.37 bits per heavy atom. The first-order valence-corrected chi connectivity index (χ1v) is 10.2. The van der Waals surface area contributed by atoms with Gasteiger partial charge in [-0.3, -0.25) is 14.5 Å². The first kappa shape index (κ1) is 21.9. The van der Waals surface area contributed by atoms with Gasteiger partial charge in [0.15, 0.2) is 0 Å². The van der Waals surface area contributed by atoms with E-state index in [-0.39, 0.29) is 17.5 Å². The lowest BCUT2D eigenvalue weighted by Crippen LogP contribution is -2.49. The van der Waals surface area contributed by atoms with E-state index in [0.29, 0.717) is 11.3 Å². The number of likely N-dealkylation sites (N-methyl/N-ethyl adjacent to an activating group) is 1. The van der Waals surface area contributed by atoms with Crippen LogP contribution in [-0.2, 0) is 0 Å². The number of hydrogen-bond acceptors (Lipinski definition) is 4. The monoisotopic (exact) mass is 412 g/mol. The van der Waals surface area contributed by atoms with Crippen molar-refractivity contribution in [2.24, 2.45) is 0 Å². The lowest BCUT2D eigenvalue weighted by atomic mass is 10.1. The maximum atomic E-state index is 14.0. The third kappa shape index (κ3) is 5.43. The van der Waals surface area contributed by atoms with E-state index in [0.717, 1.165) is 38.3 Å². The molecule has 6 nitrogen and oxygen atoms in total. The standard InChI is InChI=1S/C23H29FN4O2/c1-16-7-6-9-19(21(16)26-22(29)18-8-4-5-10-20(18)24)23(30)25-17(2)15-28-13-11-27(3)12-14-28/h4-10,17H,11-15H2,1-3H3,(H,25,30)(H,26,29). The number of carbonyl (C=O) groups excluding carboxylic acids is 2. The third-order valence-electron chi connectivity index (χ3n) is 5.38. The van der Waals surface area contributed by atoms with Gasteiger partial charge in [0.2, 0.25) is 0 Å². The van der Waals surface area contributed by atoms with Crippen molar-refractivity contribution >= 4 is 17.5 Å². The van der Waals surface area contributed by atoms with Gasteiger partial charge in [-0.15, -0.1) is 0 Å². The smallest absolute Gasteiger partial charge is 0.258 e. The minimum Gasteiger partial charge on any atom is -0.348 e. The minimum atomic E-state index is -0.601. The Bertz CT molecular complexity index is 910. The molecule has 1 unspecified atom stereocenters. The fourth-order valence-electron chi connectivity index (χ4n) is 3.61. The Morgan fingerprint density at radius 1 is 1.00 bits per heavy atom.